The molecular formula is C16H15Br3O2. The number of alkyl halides is 1. The molecule has 0 aromatic heterocycles. The van der Waals surface area contributed by atoms with E-state index in [1.165, 1.54) is 5.56 Å². The van der Waals surface area contributed by atoms with Gasteiger partial charge in [0.2, 0.25) is 0 Å². The van der Waals surface area contributed by atoms with Crippen molar-refractivity contribution in [1.29, 1.82) is 0 Å². The summed E-state index contributed by atoms with van der Waals surface area (Å²) < 4.78 is 12.9. The van der Waals surface area contributed by atoms with Crippen molar-refractivity contribution in [3.63, 3.8) is 0 Å². The van der Waals surface area contributed by atoms with Crippen LogP contribution in [0.5, 0.6) is 11.5 Å². The Morgan fingerprint density at radius 3 is 2.24 bits per heavy atom. The van der Waals surface area contributed by atoms with Gasteiger partial charge in [-0.2, -0.15) is 0 Å². The second-order valence-corrected chi connectivity index (χ2v) is 7.22. The third-order valence-corrected chi connectivity index (χ3v) is 5.79. The molecule has 0 amide bonds. The number of methoxy groups -OCH3 is 2. The number of rotatable bonds is 4. The molecule has 21 heavy (non-hydrogen) atoms. The van der Waals surface area contributed by atoms with Crippen molar-refractivity contribution >= 4 is 47.8 Å². The minimum absolute atomic E-state index is 0.0182. The van der Waals surface area contributed by atoms with E-state index in [1.807, 2.05) is 18.2 Å². The highest BCUT2D eigenvalue weighted by Gasteiger charge is 2.19. The van der Waals surface area contributed by atoms with E-state index in [0.29, 0.717) is 0 Å². The highest BCUT2D eigenvalue weighted by Crippen LogP contribution is 2.42. The third-order valence-electron chi connectivity index (χ3n) is 3.26. The third kappa shape index (κ3) is 3.63. The van der Waals surface area contributed by atoms with Crippen LogP contribution in [0.15, 0.2) is 39.3 Å². The Kier molecular flexibility index (Phi) is 5.74. The van der Waals surface area contributed by atoms with Crippen LogP contribution < -0.4 is 9.47 Å². The van der Waals surface area contributed by atoms with E-state index in [2.05, 4.69) is 66.8 Å². The Bertz CT molecular complexity index is 656. The van der Waals surface area contributed by atoms with Crippen LogP contribution in [0.2, 0.25) is 0 Å². The Morgan fingerprint density at radius 1 is 0.905 bits per heavy atom. The summed E-state index contributed by atoms with van der Waals surface area (Å²) in [6, 6.07) is 10.0. The molecule has 0 fully saturated rings. The minimum Gasteiger partial charge on any atom is -0.497 e. The molecule has 0 radical (unpaired) electrons. The molecule has 112 valence electrons. The van der Waals surface area contributed by atoms with Gasteiger partial charge < -0.3 is 9.47 Å². The first-order valence-electron chi connectivity index (χ1n) is 6.29. The van der Waals surface area contributed by atoms with Gasteiger partial charge in [0.1, 0.15) is 11.5 Å². The van der Waals surface area contributed by atoms with E-state index in [9.17, 15) is 0 Å². The van der Waals surface area contributed by atoms with Gasteiger partial charge in [0, 0.05) is 20.6 Å². The summed E-state index contributed by atoms with van der Waals surface area (Å²) in [6.07, 6.45) is 0. The molecule has 0 heterocycles. The largest absolute Gasteiger partial charge is 0.497 e. The van der Waals surface area contributed by atoms with Crippen LogP contribution in [-0.4, -0.2) is 14.2 Å². The molecule has 0 aliphatic heterocycles. The van der Waals surface area contributed by atoms with Crippen LogP contribution in [0.4, 0.5) is 0 Å². The average molecular weight is 479 g/mol. The van der Waals surface area contributed by atoms with Crippen LogP contribution in [0.3, 0.4) is 0 Å². The first kappa shape index (κ1) is 16.8. The summed E-state index contributed by atoms with van der Waals surface area (Å²) in [4.78, 5) is 0.0182. The van der Waals surface area contributed by atoms with E-state index >= 15 is 0 Å². The minimum atomic E-state index is 0.0182. The first-order valence-corrected chi connectivity index (χ1v) is 8.79. The lowest BCUT2D eigenvalue weighted by atomic mass is 10.0. The van der Waals surface area contributed by atoms with Crippen molar-refractivity contribution in [1.82, 2.24) is 0 Å². The van der Waals surface area contributed by atoms with Gasteiger partial charge in [-0.1, -0.05) is 53.9 Å². The quantitative estimate of drug-likeness (QED) is 0.500. The number of aryl methyl sites for hydroxylation is 1. The molecule has 2 aromatic rings. The number of hydrogen-bond donors (Lipinski definition) is 0. The molecule has 0 aliphatic carbocycles. The van der Waals surface area contributed by atoms with Gasteiger partial charge in [-0.25, -0.2) is 0 Å². The van der Waals surface area contributed by atoms with E-state index in [0.717, 1.165) is 31.6 Å². The van der Waals surface area contributed by atoms with Crippen molar-refractivity contribution in [2.24, 2.45) is 0 Å². The van der Waals surface area contributed by atoms with Crippen molar-refractivity contribution in [2.45, 2.75) is 11.8 Å². The van der Waals surface area contributed by atoms with Crippen molar-refractivity contribution in [2.75, 3.05) is 14.2 Å². The Hall–Kier alpha value is -0.520. The van der Waals surface area contributed by atoms with Gasteiger partial charge in [0.05, 0.1) is 19.0 Å². The van der Waals surface area contributed by atoms with Crippen molar-refractivity contribution < 1.29 is 9.47 Å². The maximum Gasteiger partial charge on any atom is 0.127 e. The summed E-state index contributed by atoms with van der Waals surface area (Å²) in [7, 11) is 3.31. The summed E-state index contributed by atoms with van der Waals surface area (Å²) in [5, 5.41) is 0. The predicted octanol–water partition coefficient (Wildman–Crippen LogP) is 6.02. The molecule has 0 N–H and O–H groups in total. The summed E-state index contributed by atoms with van der Waals surface area (Å²) >= 11 is 11.0. The summed E-state index contributed by atoms with van der Waals surface area (Å²) in [6.45, 7) is 2.07. The molecule has 5 heteroatoms. The number of halogens is 3. The van der Waals surface area contributed by atoms with E-state index in [1.54, 1.807) is 14.2 Å². The fourth-order valence-corrected chi connectivity index (χ4v) is 4.16. The lowest BCUT2D eigenvalue weighted by Crippen LogP contribution is -1.99. The molecule has 2 aromatic carbocycles. The lowest BCUT2D eigenvalue weighted by molar-refractivity contribution is 0.391. The number of hydrogen-bond acceptors (Lipinski definition) is 2. The highest BCUT2D eigenvalue weighted by molar-refractivity contribution is 9.11. The number of ether oxygens (including phenoxy) is 2. The van der Waals surface area contributed by atoms with Gasteiger partial charge in [0.25, 0.3) is 0 Å². The van der Waals surface area contributed by atoms with E-state index in [-0.39, 0.29) is 4.83 Å². The molecule has 0 bridgehead atoms. The van der Waals surface area contributed by atoms with Crippen LogP contribution in [0.25, 0.3) is 0 Å². The van der Waals surface area contributed by atoms with E-state index in [4.69, 9.17) is 9.47 Å². The molecule has 0 saturated carbocycles. The van der Waals surface area contributed by atoms with Crippen LogP contribution in [0, 0.1) is 6.92 Å². The van der Waals surface area contributed by atoms with Crippen LogP contribution in [-0.2, 0) is 0 Å². The Morgan fingerprint density at radius 2 is 1.62 bits per heavy atom. The van der Waals surface area contributed by atoms with Crippen molar-refractivity contribution in [3.8, 4) is 11.5 Å². The highest BCUT2D eigenvalue weighted by atomic mass is 79.9. The fraction of sp³-hybridized carbons (Fsp3) is 0.250. The van der Waals surface area contributed by atoms with Crippen LogP contribution >= 0.6 is 47.8 Å². The normalized spacial score (nSPS) is 12.1. The zero-order valence-corrected chi connectivity index (χ0v) is 16.7. The van der Waals surface area contributed by atoms with Gasteiger partial charge in [-0.05, 0) is 36.2 Å². The molecule has 2 nitrogen and oxygen atoms in total. The zero-order chi connectivity index (χ0) is 15.6. The molecule has 2 rings (SSSR count). The zero-order valence-electron chi connectivity index (χ0n) is 11.9. The second-order valence-electron chi connectivity index (χ2n) is 4.59. The lowest BCUT2D eigenvalue weighted by Gasteiger charge is -2.18. The Labute approximate surface area is 150 Å². The van der Waals surface area contributed by atoms with E-state index < -0.39 is 0 Å². The predicted molar refractivity (Wildman–Crippen MR) is 96.9 cm³/mol. The van der Waals surface area contributed by atoms with Gasteiger partial charge >= 0.3 is 0 Å². The maximum absolute atomic E-state index is 5.49. The first-order chi connectivity index (χ1) is 9.97. The Balaban J connectivity index is 2.49. The standard InChI is InChI=1S/C16H15Br3O2/c1-9-6-14(18)12(8-13(9)17)16(19)11-5-4-10(20-2)7-15(11)21-3/h4-8,16H,1-3H3. The molecule has 1 atom stereocenters. The monoisotopic (exact) mass is 476 g/mol. The van der Waals surface area contributed by atoms with Crippen molar-refractivity contribution in [3.05, 3.63) is 56.0 Å². The summed E-state index contributed by atoms with van der Waals surface area (Å²) in [5.41, 5.74) is 3.37. The van der Waals surface area contributed by atoms with Gasteiger partial charge in [-0.3, -0.25) is 0 Å². The SMILES string of the molecule is COc1ccc(C(Br)c2cc(Br)c(C)cc2Br)c(OC)c1. The summed E-state index contributed by atoms with van der Waals surface area (Å²) in [5.74, 6) is 1.57. The van der Waals surface area contributed by atoms with Gasteiger partial charge in [0.15, 0.2) is 0 Å². The van der Waals surface area contributed by atoms with Gasteiger partial charge in [-0.15, -0.1) is 0 Å². The second kappa shape index (κ2) is 7.16. The smallest absolute Gasteiger partial charge is 0.127 e. The molecule has 0 aliphatic rings. The maximum atomic E-state index is 5.49. The molecule has 0 spiro atoms. The topological polar surface area (TPSA) is 18.5 Å². The molecule has 1 unspecified atom stereocenters. The number of benzene rings is 2. The molecular weight excluding hydrogens is 464 g/mol. The molecule has 0 saturated heterocycles. The average Bonchev–Trinajstić information content (AvgIpc) is 2.49. The fourth-order valence-electron chi connectivity index (χ4n) is 2.05. The van der Waals surface area contributed by atoms with Crippen LogP contribution in [0.1, 0.15) is 21.5 Å².